The summed E-state index contributed by atoms with van der Waals surface area (Å²) in [7, 11) is 0. The third-order valence-electron chi connectivity index (χ3n) is 2.75. The van der Waals surface area contributed by atoms with Gasteiger partial charge in [-0.1, -0.05) is 6.07 Å². The third-order valence-corrected chi connectivity index (χ3v) is 2.75. The van der Waals surface area contributed by atoms with Gasteiger partial charge >= 0.3 is 5.97 Å². The highest BCUT2D eigenvalue weighted by Gasteiger charge is 2.21. The average Bonchev–Trinajstić information content (AvgIpc) is 2.41. The molecule has 0 saturated heterocycles. The summed E-state index contributed by atoms with van der Waals surface area (Å²) >= 11 is 0. The zero-order chi connectivity index (χ0) is 15.1. The van der Waals surface area contributed by atoms with Gasteiger partial charge < -0.3 is 14.7 Å². The minimum Gasteiger partial charge on any atom is -0.490 e. The van der Waals surface area contributed by atoms with E-state index in [1.807, 2.05) is 0 Å². The number of ether oxygens (including phenoxy) is 1. The van der Waals surface area contributed by atoms with Gasteiger partial charge in [0.2, 0.25) is 0 Å². The molecule has 0 aliphatic rings. The van der Waals surface area contributed by atoms with Crippen molar-refractivity contribution in [3.63, 3.8) is 0 Å². The molecule has 110 valence electrons. The molecule has 0 fully saturated rings. The summed E-state index contributed by atoms with van der Waals surface area (Å²) in [6.45, 7) is 4.09. The third kappa shape index (κ3) is 3.94. The standard InChI is InChI=1S/C14H18FNO4/c1-3-16(9-8-12(17)18)14(19)10-6-5-7-11(15)13(10)20-4-2/h5-7H,3-4,8-9H2,1-2H3,(H,17,18). The molecule has 0 unspecified atom stereocenters. The van der Waals surface area contributed by atoms with Crippen LogP contribution in [0.2, 0.25) is 0 Å². The first kappa shape index (κ1) is 15.9. The Labute approximate surface area is 117 Å². The molecule has 0 heterocycles. The Morgan fingerprint density at radius 1 is 1.35 bits per heavy atom. The summed E-state index contributed by atoms with van der Waals surface area (Å²) in [4.78, 5) is 24.3. The maximum atomic E-state index is 13.7. The van der Waals surface area contributed by atoms with Crippen molar-refractivity contribution in [2.75, 3.05) is 19.7 Å². The van der Waals surface area contributed by atoms with Crippen LogP contribution < -0.4 is 4.74 Å². The molecule has 0 spiro atoms. The van der Waals surface area contributed by atoms with Crippen molar-refractivity contribution in [2.45, 2.75) is 20.3 Å². The van der Waals surface area contributed by atoms with Crippen molar-refractivity contribution in [3.05, 3.63) is 29.6 Å². The van der Waals surface area contributed by atoms with Crippen molar-refractivity contribution in [2.24, 2.45) is 0 Å². The van der Waals surface area contributed by atoms with E-state index >= 15 is 0 Å². The SMILES string of the molecule is CCOc1c(F)cccc1C(=O)N(CC)CCC(=O)O. The molecule has 1 aromatic carbocycles. The lowest BCUT2D eigenvalue weighted by molar-refractivity contribution is -0.137. The molecule has 1 aromatic rings. The van der Waals surface area contributed by atoms with Crippen molar-refractivity contribution in [1.82, 2.24) is 4.90 Å². The van der Waals surface area contributed by atoms with Gasteiger partial charge in [-0.05, 0) is 26.0 Å². The number of carboxylic acid groups (broad SMARTS) is 1. The number of hydrogen-bond acceptors (Lipinski definition) is 3. The Balaban J connectivity index is 2.99. The number of carboxylic acids is 1. The number of carbonyl (C=O) groups is 2. The fourth-order valence-corrected chi connectivity index (χ4v) is 1.77. The number of rotatable bonds is 7. The van der Waals surface area contributed by atoms with Crippen LogP contribution in [-0.4, -0.2) is 41.6 Å². The van der Waals surface area contributed by atoms with E-state index < -0.39 is 17.7 Å². The number of benzene rings is 1. The van der Waals surface area contributed by atoms with Gasteiger partial charge in [-0.2, -0.15) is 0 Å². The van der Waals surface area contributed by atoms with Crippen LogP contribution in [0.1, 0.15) is 30.6 Å². The molecule has 0 aliphatic heterocycles. The fraction of sp³-hybridized carbons (Fsp3) is 0.429. The maximum absolute atomic E-state index is 13.7. The van der Waals surface area contributed by atoms with Crippen molar-refractivity contribution >= 4 is 11.9 Å². The van der Waals surface area contributed by atoms with E-state index in [2.05, 4.69) is 0 Å². The minimum absolute atomic E-state index is 0.0761. The summed E-state index contributed by atoms with van der Waals surface area (Å²) in [6.07, 6.45) is -0.154. The topological polar surface area (TPSA) is 66.8 Å². The molecule has 1 amide bonds. The number of hydrogen-bond donors (Lipinski definition) is 1. The number of nitrogens with zero attached hydrogens (tertiary/aromatic N) is 1. The molecular weight excluding hydrogens is 265 g/mol. The number of para-hydroxylation sites is 1. The lowest BCUT2D eigenvalue weighted by Gasteiger charge is -2.21. The Morgan fingerprint density at radius 3 is 2.60 bits per heavy atom. The van der Waals surface area contributed by atoms with E-state index in [9.17, 15) is 14.0 Å². The minimum atomic E-state index is -0.986. The highest BCUT2D eigenvalue weighted by Crippen LogP contribution is 2.24. The maximum Gasteiger partial charge on any atom is 0.305 e. The van der Waals surface area contributed by atoms with Crippen molar-refractivity contribution in [3.8, 4) is 5.75 Å². The molecule has 0 aliphatic carbocycles. The fourth-order valence-electron chi connectivity index (χ4n) is 1.77. The summed E-state index contributed by atoms with van der Waals surface area (Å²) in [5.41, 5.74) is 0.110. The highest BCUT2D eigenvalue weighted by molar-refractivity contribution is 5.97. The molecule has 0 atom stereocenters. The van der Waals surface area contributed by atoms with Crippen molar-refractivity contribution < 1.29 is 23.8 Å². The lowest BCUT2D eigenvalue weighted by atomic mass is 10.1. The van der Waals surface area contributed by atoms with Gasteiger partial charge in [-0.25, -0.2) is 4.39 Å². The van der Waals surface area contributed by atoms with Crippen LogP contribution in [0.5, 0.6) is 5.75 Å². The molecule has 5 nitrogen and oxygen atoms in total. The van der Waals surface area contributed by atoms with Gasteiger partial charge in [0.25, 0.3) is 5.91 Å². The highest BCUT2D eigenvalue weighted by atomic mass is 19.1. The molecule has 0 radical (unpaired) electrons. The van der Waals surface area contributed by atoms with Gasteiger partial charge in [0.1, 0.15) is 0 Å². The van der Waals surface area contributed by atoms with Gasteiger partial charge in [-0.15, -0.1) is 0 Å². The molecular formula is C14H18FNO4. The second-order valence-corrected chi connectivity index (χ2v) is 4.08. The van der Waals surface area contributed by atoms with Crippen LogP contribution in [0, 0.1) is 5.82 Å². The summed E-state index contributed by atoms with van der Waals surface area (Å²) in [5.74, 6) is -2.11. The molecule has 6 heteroatoms. The Kier molecular flexibility index (Phi) is 5.96. The van der Waals surface area contributed by atoms with Crippen LogP contribution in [0.15, 0.2) is 18.2 Å². The van der Waals surface area contributed by atoms with Crippen LogP contribution >= 0.6 is 0 Å². The van der Waals surface area contributed by atoms with E-state index in [0.717, 1.165) is 0 Å². The first-order chi connectivity index (χ1) is 9.51. The van der Waals surface area contributed by atoms with E-state index in [-0.39, 0.29) is 30.9 Å². The Morgan fingerprint density at radius 2 is 2.05 bits per heavy atom. The van der Waals surface area contributed by atoms with E-state index in [4.69, 9.17) is 9.84 Å². The summed E-state index contributed by atoms with van der Waals surface area (Å²) in [6, 6.07) is 4.12. The van der Waals surface area contributed by atoms with E-state index in [1.54, 1.807) is 13.8 Å². The number of carbonyl (C=O) groups excluding carboxylic acids is 1. The van der Waals surface area contributed by atoms with E-state index in [1.165, 1.54) is 23.1 Å². The largest absolute Gasteiger partial charge is 0.490 e. The summed E-state index contributed by atoms with van der Waals surface area (Å²) in [5, 5.41) is 8.67. The number of halogens is 1. The quantitative estimate of drug-likeness (QED) is 0.832. The second-order valence-electron chi connectivity index (χ2n) is 4.08. The summed E-state index contributed by atoms with van der Waals surface area (Å²) < 4.78 is 18.9. The van der Waals surface area contributed by atoms with Crippen LogP contribution in [0.4, 0.5) is 4.39 Å². The first-order valence-corrected chi connectivity index (χ1v) is 6.43. The van der Waals surface area contributed by atoms with Gasteiger partial charge in [0, 0.05) is 13.1 Å². The van der Waals surface area contributed by atoms with Crippen LogP contribution in [0.25, 0.3) is 0 Å². The number of amides is 1. The lowest BCUT2D eigenvalue weighted by Crippen LogP contribution is -2.33. The van der Waals surface area contributed by atoms with Crippen LogP contribution in [0.3, 0.4) is 0 Å². The second kappa shape index (κ2) is 7.47. The van der Waals surface area contributed by atoms with E-state index in [0.29, 0.717) is 6.54 Å². The van der Waals surface area contributed by atoms with Gasteiger partial charge in [0.05, 0.1) is 18.6 Å². The molecule has 0 saturated carbocycles. The Hall–Kier alpha value is -2.11. The molecule has 20 heavy (non-hydrogen) atoms. The van der Waals surface area contributed by atoms with Crippen LogP contribution in [-0.2, 0) is 4.79 Å². The predicted molar refractivity (Wildman–Crippen MR) is 71.4 cm³/mol. The molecule has 1 N–H and O–H groups in total. The predicted octanol–water partition coefficient (Wildman–Crippen LogP) is 2.16. The zero-order valence-corrected chi connectivity index (χ0v) is 11.6. The monoisotopic (exact) mass is 283 g/mol. The molecule has 1 rings (SSSR count). The van der Waals surface area contributed by atoms with Gasteiger partial charge in [-0.3, -0.25) is 9.59 Å². The smallest absolute Gasteiger partial charge is 0.305 e. The first-order valence-electron chi connectivity index (χ1n) is 6.43. The van der Waals surface area contributed by atoms with Crippen molar-refractivity contribution in [1.29, 1.82) is 0 Å². The zero-order valence-electron chi connectivity index (χ0n) is 11.6. The Bertz CT molecular complexity index is 490. The van der Waals surface area contributed by atoms with Gasteiger partial charge in [0.15, 0.2) is 11.6 Å². The molecule has 0 bridgehead atoms. The average molecular weight is 283 g/mol. The normalized spacial score (nSPS) is 10.2. The number of aliphatic carboxylic acids is 1. The molecule has 0 aromatic heterocycles.